The molecule has 0 bridgehead atoms. The number of nitrogens with one attached hydrogen (secondary N) is 2. The summed E-state index contributed by atoms with van der Waals surface area (Å²) >= 11 is 3.40. The van der Waals surface area contributed by atoms with E-state index in [0.717, 1.165) is 32.7 Å². The topological polar surface area (TPSA) is 83.4 Å². The molecule has 0 radical (unpaired) electrons. The number of halogens is 1. The first kappa shape index (κ1) is 10.3. The molecule has 0 fully saturated rings. The van der Waals surface area contributed by atoms with Gasteiger partial charge in [0, 0.05) is 5.56 Å². The third-order valence-corrected chi connectivity index (χ3v) is 3.13. The third-order valence-electron chi connectivity index (χ3n) is 2.55. The number of imidazole rings is 2. The minimum atomic E-state index is 0.396. The third kappa shape index (κ3) is 1.70. The molecule has 4 N–H and O–H groups in total. The van der Waals surface area contributed by atoms with E-state index in [4.69, 9.17) is 5.73 Å². The first-order valence-corrected chi connectivity index (χ1v) is 5.90. The summed E-state index contributed by atoms with van der Waals surface area (Å²) in [5, 5.41) is 0. The van der Waals surface area contributed by atoms with E-state index in [1.165, 1.54) is 0 Å². The summed E-state index contributed by atoms with van der Waals surface area (Å²) in [7, 11) is 0. The quantitative estimate of drug-likeness (QED) is 0.644. The summed E-state index contributed by atoms with van der Waals surface area (Å²) in [6.07, 6.45) is 0. The standard InChI is InChI=1S/C11H10BrN5/c1-5-14-7-3-2-6(4-8(7)15-5)9-10(12)17-11(13)16-9/h2-4H,1H3,(H,14,15)(H3,13,16,17). The number of aromatic amines is 2. The average molecular weight is 292 g/mol. The van der Waals surface area contributed by atoms with Crippen molar-refractivity contribution in [1.82, 2.24) is 19.9 Å². The average Bonchev–Trinajstić information content (AvgIpc) is 2.78. The Morgan fingerprint density at radius 2 is 2.06 bits per heavy atom. The molecule has 1 aromatic carbocycles. The second kappa shape index (κ2) is 3.59. The lowest BCUT2D eigenvalue weighted by Crippen LogP contribution is -1.85. The Morgan fingerprint density at radius 3 is 2.76 bits per heavy atom. The Balaban J connectivity index is 2.20. The van der Waals surface area contributed by atoms with Crippen molar-refractivity contribution < 1.29 is 0 Å². The van der Waals surface area contributed by atoms with Gasteiger partial charge in [0.15, 0.2) is 5.95 Å². The molecule has 3 aromatic rings. The van der Waals surface area contributed by atoms with E-state index < -0.39 is 0 Å². The highest BCUT2D eigenvalue weighted by molar-refractivity contribution is 9.10. The molecule has 0 aliphatic carbocycles. The molecule has 86 valence electrons. The first-order chi connectivity index (χ1) is 8.13. The minimum Gasteiger partial charge on any atom is -0.369 e. The molecule has 3 rings (SSSR count). The first-order valence-electron chi connectivity index (χ1n) is 5.11. The summed E-state index contributed by atoms with van der Waals surface area (Å²) in [6, 6.07) is 5.95. The van der Waals surface area contributed by atoms with Gasteiger partial charge in [-0.3, -0.25) is 0 Å². The number of anilines is 1. The van der Waals surface area contributed by atoms with E-state index in [-0.39, 0.29) is 0 Å². The van der Waals surface area contributed by atoms with Crippen LogP contribution in [0.2, 0.25) is 0 Å². The molecule has 6 heteroatoms. The molecule has 2 heterocycles. The lowest BCUT2D eigenvalue weighted by molar-refractivity contribution is 1.17. The van der Waals surface area contributed by atoms with Crippen LogP contribution in [0.5, 0.6) is 0 Å². The maximum atomic E-state index is 5.62. The lowest BCUT2D eigenvalue weighted by Gasteiger charge is -1.97. The number of nitrogens with zero attached hydrogens (tertiary/aromatic N) is 2. The van der Waals surface area contributed by atoms with E-state index in [1.54, 1.807) is 0 Å². The van der Waals surface area contributed by atoms with Crippen LogP contribution in [-0.2, 0) is 0 Å². The van der Waals surface area contributed by atoms with Gasteiger partial charge in [-0.25, -0.2) is 9.97 Å². The number of nitrogen functional groups attached to an aromatic ring is 1. The molecule has 17 heavy (non-hydrogen) atoms. The summed E-state index contributed by atoms with van der Waals surface area (Å²) in [5.41, 5.74) is 9.35. The number of benzene rings is 1. The summed E-state index contributed by atoms with van der Waals surface area (Å²) in [4.78, 5) is 14.7. The normalized spacial score (nSPS) is 11.2. The number of aromatic nitrogens is 4. The number of nitrogens with two attached hydrogens (primary N) is 1. The van der Waals surface area contributed by atoms with Crippen LogP contribution >= 0.6 is 15.9 Å². The number of hydrogen-bond donors (Lipinski definition) is 3. The highest BCUT2D eigenvalue weighted by Gasteiger charge is 2.10. The van der Waals surface area contributed by atoms with E-state index in [9.17, 15) is 0 Å². The fourth-order valence-electron chi connectivity index (χ4n) is 1.84. The van der Waals surface area contributed by atoms with E-state index in [2.05, 4.69) is 35.9 Å². The number of fused-ring (bicyclic) bond motifs is 1. The van der Waals surface area contributed by atoms with Gasteiger partial charge in [-0.15, -0.1) is 0 Å². The van der Waals surface area contributed by atoms with Gasteiger partial charge in [-0.1, -0.05) is 6.07 Å². The van der Waals surface area contributed by atoms with Gasteiger partial charge in [-0.05, 0) is 35.0 Å². The van der Waals surface area contributed by atoms with Crippen LogP contribution in [0.25, 0.3) is 22.3 Å². The van der Waals surface area contributed by atoms with Gasteiger partial charge < -0.3 is 15.7 Å². The van der Waals surface area contributed by atoms with Crippen LogP contribution in [0.15, 0.2) is 22.8 Å². The van der Waals surface area contributed by atoms with Gasteiger partial charge in [0.25, 0.3) is 0 Å². The zero-order valence-electron chi connectivity index (χ0n) is 9.08. The van der Waals surface area contributed by atoms with Crippen LogP contribution in [-0.4, -0.2) is 19.9 Å². The highest BCUT2D eigenvalue weighted by Crippen LogP contribution is 2.28. The number of hydrogen-bond acceptors (Lipinski definition) is 3. The smallest absolute Gasteiger partial charge is 0.198 e. The predicted octanol–water partition coefficient (Wildman–Crippen LogP) is 2.61. The van der Waals surface area contributed by atoms with E-state index in [1.807, 2.05) is 25.1 Å². The Bertz CT molecular complexity index is 697. The van der Waals surface area contributed by atoms with Crippen LogP contribution in [0.1, 0.15) is 5.82 Å². The molecule has 0 aliphatic heterocycles. The monoisotopic (exact) mass is 291 g/mol. The van der Waals surface area contributed by atoms with Crippen molar-refractivity contribution in [2.24, 2.45) is 0 Å². The van der Waals surface area contributed by atoms with Crippen molar-refractivity contribution in [3.63, 3.8) is 0 Å². The van der Waals surface area contributed by atoms with Gasteiger partial charge >= 0.3 is 0 Å². The zero-order valence-corrected chi connectivity index (χ0v) is 10.7. The molecule has 0 amide bonds. The molecule has 0 saturated carbocycles. The molecule has 0 aliphatic rings. The molecule has 0 saturated heterocycles. The number of rotatable bonds is 1. The largest absolute Gasteiger partial charge is 0.369 e. The number of H-pyrrole nitrogens is 2. The second-order valence-corrected chi connectivity index (χ2v) is 4.63. The van der Waals surface area contributed by atoms with Crippen molar-refractivity contribution in [3.05, 3.63) is 28.6 Å². The number of aryl methyl sites for hydroxylation is 1. The van der Waals surface area contributed by atoms with Crippen molar-refractivity contribution in [1.29, 1.82) is 0 Å². The molecule has 0 atom stereocenters. The fourth-order valence-corrected chi connectivity index (χ4v) is 2.37. The van der Waals surface area contributed by atoms with Crippen molar-refractivity contribution >= 4 is 32.9 Å². The van der Waals surface area contributed by atoms with Crippen molar-refractivity contribution in [2.75, 3.05) is 5.73 Å². The highest BCUT2D eigenvalue weighted by atomic mass is 79.9. The summed E-state index contributed by atoms with van der Waals surface area (Å²) < 4.78 is 0.783. The Morgan fingerprint density at radius 1 is 1.24 bits per heavy atom. The van der Waals surface area contributed by atoms with Gasteiger partial charge in [-0.2, -0.15) is 0 Å². The molecule has 0 spiro atoms. The van der Waals surface area contributed by atoms with Crippen LogP contribution in [0.4, 0.5) is 5.95 Å². The zero-order chi connectivity index (χ0) is 12.0. The van der Waals surface area contributed by atoms with Crippen LogP contribution in [0, 0.1) is 6.92 Å². The SMILES string of the molecule is Cc1nc2ccc(-c3nc(N)[nH]c3Br)cc2[nH]1. The molecular weight excluding hydrogens is 282 g/mol. The van der Waals surface area contributed by atoms with Crippen molar-refractivity contribution in [2.45, 2.75) is 6.92 Å². The Hall–Kier alpha value is -1.82. The maximum absolute atomic E-state index is 5.62. The van der Waals surface area contributed by atoms with Crippen LogP contribution < -0.4 is 5.73 Å². The van der Waals surface area contributed by atoms with Gasteiger partial charge in [0.05, 0.1) is 11.0 Å². The Labute approximate surface area is 106 Å². The van der Waals surface area contributed by atoms with Gasteiger partial charge in [0.2, 0.25) is 0 Å². The minimum absolute atomic E-state index is 0.396. The fraction of sp³-hybridized carbons (Fsp3) is 0.0909. The molecule has 2 aromatic heterocycles. The van der Waals surface area contributed by atoms with Crippen molar-refractivity contribution in [3.8, 4) is 11.3 Å². The maximum Gasteiger partial charge on any atom is 0.198 e. The summed E-state index contributed by atoms with van der Waals surface area (Å²) in [6.45, 7) is 1.93. The Kier molecular flexibility index (Phi) is 2.19. The van der Waals surface area contributed by atoms with Gasteiger partial charge in [0.1, 0.15) is 16.1 Å². The predicted molar refractivity (Wildman–Crippen MR) is 70.5 cm³/mol. The van der Waals surface area contributed by atoms with E-state index >= 15 is 0 Å². The molecular formula is C11H10BrN5. The van der Waals surface area contributed by atoms with E-state index in [0.29, 0.717) is 5.95 Å². The summed E-state index contributed by atoms with van der Waals surface area (Å²) in [5.74, 6) is 1.30. The second-order valence-electron chi connectivity index (χ2n) is 3.84. The molecule has 5 nitrogen and oxygen atoms in total. The molecule has 0 unspecified atom stereocenters. The van der Waals surface area contributed by atoms with Crippen LogP contribution in [0.3, 0.4) is 0 Å². The lowest BCUT2D eigenvalue weighted by atomic mass is 10.1.